The molecule has 0 saturated carbocycles. The first-order valence-electron chi connectivity index (χ1n) is 9.64. The molecule has 2 heterocycles. The highest BCUT2D eigenvalue weighted by molar-refractivity contribution is 7.89. The smallest absolute Gasteiger partial charge is 0.338 e. The van der Waals surface area contributed by atoms with Crippen molar-refractivity contribution >= 4 is 27.7 Å². The SMILES string of the molecule is Cn1c(NC(=O)COC(=O)c2ccc(F)c(S(=O)(=O)N3CCOCC3)c2)cc(=O)n(C)c1=O. The van der Waals surface area contributed by atoms with Crippen LogP contribution in [-0.4, -0.2) is 66.6 Å². The van der Waals surface area contributed by atoms with Gasteiger partial charge in [0.15, 0.2) is 6.61 Å². The molecular weight excluding hydrogens is 463 g/mol. The fourth-order valence-corrected chi connectivity index (χ4v) is 4.50. The number of benzene rings is 1. The second-order valence-corrected chi connectivity index (χ2v) is 8.96. The Labute approximate surface area is 187 Å². The number of hydrogen-bond donors (Lipinski definition) is 1. The molecule has 1 aromatic carbocycles. The van der Waals surface area contributed by atoms with Crippen molar-refractivity contribution in [1.29, 1.82) is 0 Å². The number of morpholine rings is 1. The highest BCUT2D eigenvalue weighted by Crippen LogP contribution is 2.22. The number of nitrogens with zero attached hydrogens (tertiary/aromatic N) is 3. The number of carbonyl (C=O) groups is 2. The highest BCUT2D eigenvalue weighted by atomic mass is 32.2. The van der Waals surface area contributed by atoms with E-state index in [4.69, 9.17) is 9.47 Å². The summed E-state index contributed by atoms with van der Waals surface area (Å²) in [5.74, 6) is -3.07. The van der Waals surface area contributed by atoms with Crippen LogP contribution in [0.1, 0.15) is 10.4 Å². The van der Waals surface area contributed by atoms with Crippen LogP contribution in [-0.2, 0) is 38.4 Å². The zero-order valence-electron chi connectivity index (χ0n) is 17.7. The lowest BCUT2D eigenvalue weighted by Gasteiger charge is -2.26. The van der Waals surface area contributed by atoms with E-state index in [1.165, 1.54) is 14.1 Å². The van der Waals surface area contributed by atoms with Crippen LogP contribution in [0.4, 0.5) is 10.2 Å². The summed E-state index contributed by atoms with van der Waals surface area (Å²) < 4.78 is 52.6. The molecule has 1 aliphatic heterocycles. The van der Waals surface area contributed by atoms with Gasteiger partial charge in [0.2, 0.25) is 10.0 Å². The number of amides is 1. The van der Waals surface area contributed by atoms with E-state index in [2.05, 4.69) is 5.32 Å². The van der Waals surface area contributed by atoms with Gasteiger partial charge in [-0.1, -0.05) is 0 Å². The molecule has 0 aliphatic carbocycles. The Morgan fingerprint density at radius 2 is 1.79 bits per heavy atom. The van der Waals surface area contributed by atoms with Gasteiger partial charge in [-0.3, -0.25) is 18.7 Å². The summed E-state index contributed by atoms with van der Waals surface area (Å²) in [4.78, 5) is 47.4. The Balaban J connectivity index is 1.71. The summed E-state index contributed by atoms with van der Waals surface area (Å²) in [5.41, 5.74) is -1.60. The van der Waals surface area contributed by atoms with Crippen molar-refractivity contribution in [1.82, 2.24) is 13.4 Å². The van der Waals surface area contributed by atoms with E-state index in [1.54, 1.807) is 0 Å². The lowest BCUT2D eigenvalue weighted by molar-refractivity contribution is -0.119. The molecule has 1 fully saturated rings. The first-order chi connectivity index (χ1) is 15.5. The highest BCUT2D eigenvalue weighted by Gasteiger charge is 2.30. The molecule has 1 amide bonds. The third-order valence-corrected chi connectivity index (χ3v) is 6.80. The maximum Gasteiger partial charge on any atom is 0.338 e. The molecule has 0 radical (unpaired) electrons. The van der Waals surface area contributed by atoms with Gasteiger partial charge in [-0.2, -0.15) is 4.31 Å². The molecule has 0 atom stereocenters. The fraction of sp³-hybridized carbons (Fsp3) is 0.368. The summed E-state index contributed by atoms with van der Waals surface area (Å²) >= 11 is 0. The van der Waals surface area contributed by atoms with Crippen LogP contribution in [0, 0.1) is 5.82 Å². The molecule has 0 unspecified atom stereocenters. The largest absolute Gasteiger partial charge is 0.452 e. The van der Waals surface area contributed by atoms with Gasteiger partial charge in [0.05, 0.1) is 18.8 Å². The van der Waals surface area contributed by atoms with E-state index < -0.39 is 50.5 Å². The predicted octanol–water partition coefficient (Wildman–Crippen LogP) is -0.960. The number of carbonyl (C=O) groups excluding carboxylic acids is 2. The van der Waals surface area contributed by atoms with Gasteiger partial charge in [0.1, 0.15) is 16.5 Å². The molecule has 33 heavy (non-hydrogen) atoms. The predicted molar refractivity (Wildman–Crippen MR) is 112 cm³/mol. The van der Waals surface area contributed by atoms with E-state index in [0.717, 1.165) is 37.7 Å². The number of anilines is 1. The molecule has 1 aliphatic rings. The van der Waals surface area contributed by atoms with Crippen LogP contribution >= 0.6 is 0 Å². The Bertz CT molecular complexity index is 1310. The number of ether oxygens (including phenoxy) is 2. The first-order valence-corrected chi connectivity index (χ1v) is 11.1. The Morgan fingerprint density at radius 1 is 1.12 bits per heavy atom. The second-order valence-electron chi connectivity index (χ2n) is 7.05. The average molecular weight is 484 g/mol. The molecule has 1 aromatic heterocycles. The lowest BCUT2D eigenvalue weighted by Crippen LogP contribution is -2.41. The molecular formula is C19H21FN4O8S. The molecule has 12 nitrogen and oxygen atoms in total. The number of hydrogen-bond acceptors (Lipinski definition) is 8. The van der Waals surface area contributed by atoms with Crippen LogP contribution in [0.5, 0.6) is 0 Å². The fourth-order valence-electron chi connectivity index (χ4n) is 3.00. The number of sulfonamides is 1. The third-order valence-electron chi connectivity index (χ3n) is 4.88. The summed E-state index contributed by atoms with van der Waals surface area (Å²) in [6, 6.07) is 3.70. The van der Waals surface area contributed by atoms with Gasteiger partial charge >= 0.3 is 11.7 Å². The molecule has 0 spiro atoms. The van der Waals surface area contributed by atoms with Gasteiger partial charge in [-0.25, -0.2) is 22.4 Å². The molecule has 14 heteroatoms. The first kappa shape index (κ1) is 24.3. The summed E-state index contributed by atoms with van der Waals surface area (Å²) in [7, 11) is -1.61. The van der Waals surface area contributed by atoms with E-state index >= 15 is 0 Å². The van der Waals surface area contributed by atoms with Crippen LogP contribution in [0.2, 0.25) is 0 Å². The van der Waals surface area contributed by atoms with Crippen LogP contribution in [0.25, 0.3) is 0 Å². The van der Waals surface area contributed by atoms with Gasteiger partial charge in [0.25, 0.3) is 11.5 Å². The van der Waals surface area contributed by atoms with Crippen molar-refractivity contribution in [2.45, 2.75) is 4.90 Å². The van der Waals surface area contributed by atoms with Crippen LogP contribution in [0.15, 0.2) is 38.8 Å². The van der Waals surface area contributed by atoms with Crippen molar-refractivity contribution in [2.75, 3.05) is 38.2 Å². The Kier molecular flexibility index (Phi) is 7.09. The maximum atomic E-state index is 14.3. The minimum Gasteiger partial charge on any atom is -0.452 e. The molecule has 0 bridgehead atoms. The standard InChI is InChI=1S/C19H21FN4O8S/c1-22-15(10-17(26)23(2)19(22)28)21-16(25)11-32-18(27)12-3-4-13(20)14(9-12)33(29,30)24-5-7-31-8-6-24/h3-4,9-10H,5-8,11H2,1-2H3,(H,21,25). The molecule has 3 rings (SSSR count). The van der Waals surface area contributed by atoms with E-state index in [0.29, 0.717) is 0 Å². The number of halogens is 1. The van der Waals surface area contributed by atoms with Gasteiger partial charge in [-0.05, 0) is 18.2 Å². The van der Waals surface area contributed by atoms with E-state index in [1.807, 2.05) is 0 Å². The zero-order valence-corrected chi connectivity index (χ0v) is 18.6. The van der Waals surface area contributed by atoms with Crippen molar-refractivity contribution in [3.05, 3.63) is 56.5 Å². The van der Waals surface area contributed by atoms with Gasteiger partial charge in [0, 0.05) is 33.3 Å². The summed E-state index contributed by atoms with van der Waals surface area (Å²) in [6.07, 6.45) is 0. The van der Waals surface area contributed by atoms with E-state index in [9.17, 15) is 32.0 Å². The lowest BCUT2D eigenvalue weighted by atomic mass is 10.2. The molecule has 2 aromatic rings. The summed E-state index contributed by atoms with van der Waals surface area (Å²) in [5, 5.41) is 2.27. The van der Waals surface area contributed by atoms with Crippen LogP contribution < -0.4 is 16.6 Å². The average Bonchev–Trinajstić information content (AvgIpc) is 2.80. The van der Waals surface area contributed by atoms with Crippen molar-refractivity contribution in [3.8, 4) is 0 Å². The Hall–Kier alpha value is -3.36. The topological polar surface area (TPSA) is 146 Å². The number of rotatable bonds is 6. The van der Waals surface area contributed by atoms with Crippen molar-refractivity contribution in [2.24, 2.45) is 14.1 Å². The molecule has 1 N–H and O–H groups in total. The van der Waals surface area contributed by atoms with E-state index in [-0.39, 0.29) is 37.7 Å². The Morgan fingerprint density at radius 3 is 2.45 bits per heavy atom. The number of nitrogens with one attached hydrogen (secondary N) is 1. The van der Waals surface area contributed by atoms with Crippen molar-refractivity contribution in [3.63, 3.8) is 0 Å². The van der Waals surface area contributed by atoms with Crippen LogP contribution in [0.3, 0.4) is 0 Å². The molecule has 1 saturated heterocycles. The number of aromatic nitrogens is 2. The van der Waals surface area contributed by atoms with Crippen molar-refractivity contribution < 1.29 is 31.9 Å². The van der Waals surface area contributed by atoms with Gasteiger partial charge in [-0.15, -0.1) is 0 Å². The zero-order chi connectivity index (χ0) is 24.3. The minimum absolute atomic E-state index is 0.0434. The minimum atomic E-state index is -4.21. The normalized spacial score (nSPS) is 14.6. The maximum absolute atomic E-state index is 14.3. The third kappa shape index (κ3) is 5.18. The summed E-state index contributed by atoms with van der Waals surface area (Å²) in [6.45, 7) is -0.387. The second kappa shape index (κ2) is 9.64. The monoisotopic (exact) mass is 484 g/mol. The molecule has 178 valence electrons. The quantitative estimate of drug-likeness (QED) is 0.516. The number of esters is 1. The van der Waals surface area contributed by atoms with Gasteiger partial charge < -0.3 is 14.8 Å².